The molecule has 0 N–H and O–H groups in total. The third kappa shape index (κ3) is 5.41. The molecule has 0 radical (unpaired) electrons. The zero-order valence-electron chi connectivity index (χ0n) is 9.92. The van der Waals surface area contributed by atoms with Gasteiger partial charge in [0, 0.05) is 4.47 Å². The van der Waals surface area contributed by atoms with E-state index in [0.29, 0.717) is 10.8 Å². The zero-order valence-corrected chi connectivity index (χ0v) is 12.3. The molecule has 0 atom stereocenters. The second kappa shape index (κ2) is 5.74. The molecule has 94 valence electrons. The lowest BCUT2D eigenvalue weighted by Gasteiger charge is -2.19. The van der Waals surface area contributed by atoms with Gasteiger partial charge in [-0.25, -0.2) is 4.79 Å². The van der Waals surface area contributed by atoms with Gasteiger partial charge in [-0.15, -0.1) is 0 Å². The first-order chi connectivity index (χ1) is 7.78. The summed E-state index contributed by atoms with van der Waals surface area (Å²) in [5, 5.41) is 0.455. The molecule has 1 rings (SSSR count). The number of hydrogen-bond donors (Lipinski definition) is 0. The molecule has 0 saturated carbocycles. The highest BCUT2D eigenvalue weighted by molar-refractivity contribution is 9.10. The summed E-state index contributed by atoms with van der Waals surface area (Å²) in [5.74, 6) is 0.0282. The van der Waals surface area contributed by atoms with E-state index in [4.69, 9.17) is 21.1 Å². The van der Waals surface area contributed by atoms with Crippen LogP contribution in [0, 0.1) is 0 Å². The van der Waals surface area contributed by atoms with Gasteiger partial charge in [0.1, 0.15) is 11.4 Å². The molecule has 17 heavy (non-hydrogen) atoms. The van der Waals surface area contributed by atoms with Crippen LogP contribution in [-0.2, 0) is 9.53 Å². The number of carbonyl (C=O) groups is 1. The van der Waals surface area contributed by atoms with Crippen molar-refractivity contribution >= 4 is 33.5 Å². The van der Waals surface area contributed by atoms with Gasteiger partial charge >= 0.3 is 5.97 Å². The van der Waals surface area contributed by atoms with Crippen molar-refractivity contribution in [1.82, 2.24) is 0 Å². The maximum absolute atomic E-state index is 11.4. The van der Waals surface area contributed by atoms with E-state index in [1.54, 1.807) is 39.0 Å². The van der Waals surface area contributed by atoms with Crippen LogP contribution in [0.3, 0.4) is 0 Å². The van der Waals surface area contributed by atoms with Crippen LogP contribution in [0.5, 0.6) is 5.75 Å². The summed E-state index contributed by atoms with van der Waals surface area (Å²) >= 11 is 9.21. The predicted molar refractivity (Wildman–Crippen MR) is 70.5 cm³/mol. The molecule has 5 heteroatoms. The van der Waals surface area contributed by atoms with Crippen molar-refractivity contribution in [3.63, 3.8) is 0 Å². The highest BCUT2D eigenvalue weighted by atomic mass is 79.9. The minimum absolute atomic E-state index is 0.159. The molecular weight excluding hydrogens is 307 g/mol. The fourth-order valence-corrected chi connectivity index (χ4v) is 1.61. The Labute approximate surface area is 114 Å². The molecule has 0 amide bonds. The molecule has 0 spiro atoms. The molecule has 1 aromatic carbocycles. The predicted octanol–water partition coefficient (Wildman–Crippen LogP) is 3.82. The van der Waals surface area contributed by atoms with Crippen LogP contribution in [-0.4, -0.2) is 18.2 Å². The summed E-state index contributed by atoms with van der Waals surface area (Å²) in [6, 6.07) is 5.19. The van der Waals surface area contributed by atoms with E-state index in [-0.39, 0.29) is 6.61 Å². The monoisotopic (exact) mass is 320 g/mol. The second-order valence-corrected chi connectivity index (χ2v) is 5.77. The van der Waals surface area contributed by atoms with Crippen molar-refractivity contribution in [2.75, 3.05) is 6.61 Å². The maximum Gasteiger partial charge on any atom is 0.344 e. The lowest BCUT2D eigenvalue weighted by Crippen LogP contribution is -2.27. The molecule has 0 aliphatic heterocycles. The van der Waals surface area contributed by atoms with Gasteiger partial charge in [-0.3, -0.25) is 0 Å². The maximum atomic E-state index is 11.4. The van der Waals surface area contributed by atoms with Crippen molar-refractivity contribution in [3.05, 3.63) is 27.7 Å². The highest BCUT2D eigenvalue weighted by Crippen LogP contribution is 2.27. The van der Waals surface area contributed by atoms with E-state index in [9.17, 15) is 4.79 Å². The van der Waals surface area contributed by atoms with Crippen molar-refractivity contribution < 1.29 is 14.3 Å². The number of carbonyl (C=O) groups excluding carboxylic acids is 1. The largest absolute Gasteiger partial charge is 0.480 e. The third-order valence-corrected chi connectivity index (χ3v) is 2.46. The number of ether oxygens (including phenoxy) is 2. The van der Waals surface area contributed by atoms with E-state index >= 15 is 0 Å². The van der Waals surface area contributed by atoms with E-state index in [0.717, 1.165) is 4.47 Å². The van der Waals surface area contributed by atoms with Crippen LogP contribution < -0.4 is 4.74 Å². The van der Waals surface area contributed by atoms with Crippen molar-refractivity contribution in [2.45, 2.75) is 26.4 Å². The zero-order chi connectivity index (χ0) is 13.1. The van der Waals surface area contributed by atoms with Gasteiger partial charge in [0.15, 0.2) is 6.61 Å². The van der Waals surface area contributed by atoms with Crippen LogP contribution in [0.2, 0.25) is 5.02 Å². The number of benzene rings is 1. The van der Waals surface area contributed by atoms with Gasteiger partial charge in [-0.1, -0.05) is 27.5 Å². The number of esters is 1. The van der Waals surface area contributed by atoms with Gasteiger partial charge < -0.3 is 9.47 Å². The summed E-state index contributed by atoms with van der Waals surface area (Å²) in [7, 11) is 0. The van der Waals surface area contributed by atoms with Crippen molar-refractivity contribution in [2.24, 2.45) is 0 Å². The fraction of sp³-hybridized carbons (Fsp3) is 0.417. The van der Waals surface area contributed by atoms with Gasteiger partial charge in [0.2, 0.25) is 0 Å². The Hall–Kier alpha value is -0.740. The Morgan fingerprint density at radius 2 is 2.06 bits per heavy atom. The molecule has 1 aromatic rings. The summed E-state index contributed by atoms with van der Waals surface area (Å²) in [5.41, 5.74) is -0.512. The first-order valence-corrected chi connectivity index (χ1v) is 6.25. The average Bonchev–Trinajstić information content (AvgIpc) is 2.17. The van der Waals surface area contributed by atoms with Gasteiger partial charge in [0.05, 0.1) is 5.02 Å². The lowest BCUT2D eigenvalue weighted by molar-refractivity contribution is -0.157. The van der Waals surface area contributed by atoms with Crippen LogP contribution >= 0.6 is 27.5 Å². The summed E-state index contributed by atoms with van der Waals surface area (Å²) in [6.07, 6.45) is 0. The summed E-state index contributed by atoms with van der Waals surface area (Å²) in [6.45, 7) is 5.25. The van der Waals surface area contributed by atoms with Crippen molar-refractivity contribution in [1.29, 1.82) is 0 Å². The van der Waals surface area contributed by atoms with Crippen LogP contribution in [0.1, 0.15) is 20.8 Å². The van der Waals surface area contributed by atoms with E-state index in [2.05, 4.69) is 15.9 Å². The fourth-order valence-electron chi connectivity index (χ4n) is 1.10. The molecule has 0 aromatic heterocycles. The van der Waals surface area contributed by atoms with Gasteiger partial charge in [0.25, 0.3) is 0 Å². The SMILES string of the molecule is CC(C)(C)OC(=O)COc1cc(Br)ccc1Cl. The Bertz CT molecular complexity index is 413. The van der Waals surface area contributed by atoms with Gasteiger partial charge in [-0.2, -0.15) is 0 Å². The normalized spacial score (nSPS) is 11.1. The minimum atomic E-state index is -0.512. The quantitative estimate of drug-likeness (QED) is 0.794. The molecule has 0 saturated heterocycles. The Morgan fingerprint density at radius 3 is 2.65 bits per heavy atom. The molecule has 0 aliphatic carbocycles. The molecular formula is C12H14BrClO3. The minimum Gasteiger partial charge on any atom is -0.480 e. The molecule has 3 nitrogen and oxygen atoms in total. The number of hydrogen-bond acceptors (Lipinski definition) is 3. The van der Waals surface area contributed by atoms with Crippen LogP contribution in [0.25, 0.3) is 0 Å². The molecule has 0 fully saturated rings. The Kier molecular flexibility index (Phi) is 4.83. The van der Waals surface area contributed by atoms with Gasteiger partial charge in [-0.05, 0) is 39.0 Å². The Balaban J connectivity index is 2.56. The third-order valence-electron chi connectivity index (χ3n) is 1.66. The highest BCUT2D eigenvalue weighted by Gasteiger charge is 2.17. The standard InChI is InChI=1S/C12H14BrClO3/c1-12(2,3)17-11(15)7-16-10-6-8(13)4-5-9(10)14/h4-6H,7H2,1-3H3. The van der Waals surface area contributed by atoms with Crippen molar-refractivity contribution in [3.8, 4) is 5.75 Å². The van der Waals surface area contributed by atoms with E-state index < -0.39 is 11.6 Å². The van der Waals surface area contributed by atoms with E-state index in [1.807, 2.05) is 0 Å². The topological polar surface area (TPSA) is 35.5 Å². The first-order valence-electron chi connectivity index (χ1n) is 5.07. The molecule has 0 bridgehead atoms. The lowest BCUT2D eigenvalue weighted by atomic mass is 10.2. The molecule has 0 heterocycles. The first kappa shape index (κ1) is 14.3. The molecule has 0 aliphatic rings. The number of rotatable bonds is 3. The van der Waals surface area contributed by atoms with Crippen LogP contribution in [0.15, 0.2) is 22.7 Å². The van der Waals surface area contributed by atoms with Crippen LogP contribution in [0.4, 0.5) is 0 Å². The second-order valence-electron chi connectivity index (χ2n) is 4.45. The summed E-state index contributed by atoms with van der Waals surface area (Å²) < 4.78 is 11.2. The molecule has 0 unspecified atom stereocenters. The Morgan fingerprint density at radius 1 is 1.41 bits per heavy atom. The number of halogens is 2. The van der Waals surface area contributed by atoms with E-state index in [1.165, 1.54) is 0 Å². The smallest absolute Gasteiger partial charge is 0.344 e. The average molecular weight is 322 g/mol. The summed E-state index contributed by atoms with van der Waals surface area (Å²) in [4.78, 5) is 11.4.